The molecule has 1 aliphatic rings. The zero-order valence-corrected chi connectivity index (χ0v) is 26.7. The summed E-state index contributed by atoms with van der Waals surface area (Å²) in [4.78, 5) is 15.9. The van der Waals surface area contributed by atoms with Crippen LogP contribution in [0.25, 0.3) is 23.0 Å². The van der Waals surface area contributed by atoms with Crippen molar-refractivity contribution in [2.75, 3.05) is 13.2 Å². The third-order valence-electron chi connectivity index (χ3n) is 7.48. The van der Waals surface area contributed by atoms with Crippen molar-refractivity contribution in [3.63, 3.8) is 0 Å². The van der Waals surface area contributed by atoms with Crippen molar-refractivity contribution in [3.8, 4) is 22.7 Å². The number of hydrogen-bond acceptors (Lipinski definition) is 5. The van der Waals surface area contributed by atoms with E-state index in [2.05, 4.69) is 13.5 Å². The van der Waals surface area contributed by atoms with Crippen LogP contribution in [0.2, 0.25) is 0 Å². The third kappa shape index (κ3) is 8.68. The van der Waals surface area contributed by atoms with E-state index < -0.39 is 0 Å². The first-order chi connectivity index (χ1) is 20.5. The van der Waals surface area contributed by atoms with Crippen LogP contribution in [0.4, 0.5) is 0 Å². The summed E-state index contributed by atoms with van der Waals surface area (Å²) < 4.78 is 8.24. The molecule has 1 amide bonds. The number of benzene rings is 2. The van der Waals surface area contributed by atoms with E-state index in [1.54, 1.807) is 11.0 Å². The van der Waals surface area contributed by atoms with Gasteiger partial charge in [0.15, 0.2) is 0 Å². The van der Waals surface area contributed by atoms with Gasteiger partial charge in [0.1, 0.15) is 22.4 Å². The van der Waals surface area contributed by atoms with E-state index in [9.17, 15) is 4.79 Å². The molecule has 1 saturated heterocycles. The molecule has 0 radical (unpaired) electrons. The molecule has 0 bridgehead atoms. The lowest BCUT2D eigenvalue weighted by atomic mass is 10.0. The van der Waals surface area contributed by atoms with Crippen molar-refractivity contribution in [2.24, 2.45) is 0 Å². The quantitative estimate of drug-likeness (QED) is 0.0667. The summed E-state index contributed by atoms with van der Waals surface area (Å²) in [6.07, 6.45) is 18.3. The van der Waals surface area contributed by atoms with Crippen LogP contribution in [0, 0.1) is 6.92 Å². The molecule has 5 nitrogen and oxygen atoms in total. The van der Waals surface area contributed by atoms with Gasteiger partial charge in [-0.1, -0.05) is 120 Å². The van der Waals surface area contributed by atoms with Crippen LogP contribution in [0.5, 0.6) is 5.75 Å². The van der Waals surface area contributed by atoms with Crippen LogP contribution in [0.1, 0.15) is 82.3 Å². The Kier molecular flexibility index (Phi) is 12.5. The predicted octanol–water partition coefficient (Wildman–Crippen LogP) is 9.53. The average Bonchev–Trinajstić information content (AvgIpc) is 3.53. The number of thiocarbonyl (C=S) groups is 1. The highest BCUT2D eigenvalue weighted by Gasteiger charge is 2.32. The Labute approximate surface area is 261 Å². The van der Waals surface area contributed by atoms with Crippen LogP contribution in [-0.4, -0.2) is 38.1 Å². The zero-order chi connectivity index (χ0) is 29.7. The summed E-state index contributed by atoms with van der Waals surface area (Å²) in [7, 11) is 0. The van der Waals surface area contributed by atoms with E-state index in [0.717, 1.165) is 46.7 Å². The van der Waals surface area contributed by atoms with Crippen molar-refractivity contribution in [1.29, 1.82) is 0 Å². The fourth-order valence-corrected chi connectivity index (χ4v) is 6.45. The van der Waals surface area contributed by atoms with E-state index in [1.807, 2.05) is 72.4 Å². The number of aromatic nitrogens is 2. The third-order valence-corrected chi connectivity index (χ3v) is 8.86. The van der Waals surface area contributed by atoms with Gasteiger partial charge >= 0.3 is 0 Å². The first kappa shape index (κ1) is 31.8. The maximum Gasteiger partial charge on any atom is 0.266 e. The minimum absolute atomic E-state index is 0.00997. The summed E-state index contributed by atoms with van der Waals surface area (Å²) in [5.41, 5.74) is 4.67. The molecule has 0 saturated carbocycles. The second-order valence-electron chi connectivity index (χ2n) is 10.8. The standard InChI is InChI=1S/C35H43N3O2S2/c1-4-6-7-8-9-10-11-12-13-17-22-37-34(39)32(42-35(37)41)25-28-26-38(29-18-15-14-16-19-29)36-33(28)31-21-20-30(24-27(31)3)40-23-5-2/h5,14-16,18-21,24-26H,2,4,6-13,17,22-23H2,1,3H3/b32-25-. The summed E-state index contributed by atoms with van der Waals surface area (Å²) in [5, 5.41) is 4.96. The molecule has 222 valence electrons. The molecule has 4 rings (SSSR count). The number of rotatable bonds is 17. The molecule has 0 spiro atoms. The van der Waals surface area contributed by atoms with Gasteiger partial charge in [0, 0.05) is 23.9 Å². The molecule has 1 aliphatic heterocycles. The van der Waals surface area contributed by atoms with Crippen molar-refractivity contribution < 1.29 is 9.53 Å². The number of nitrogens with zero attached hydrogens (tertiary/aromatic N) is 3. The normalized spacial score (nSPS) is 14.2. The maximum atomic E-state index is 13.4. The Hall–Kier alpha value is -3.16. The molecular weight excluding hydrogens is 559 g/mol. The highest BCUT2D eigenvalue weighted by atomic mass is 32.2. The molecular formula is C35H43N3O2S2. The van der Waals surface area contributed by atoms with Gasteiger partial charge in [0.2, 0.25) is 0 Å². The van der Waals surface area contributed by atoms with Gasteiger partial charge in [-0.15, -0.1) is 0 Å². The molecule has 2 aromatic carbocycles. The molecule has 42 heavy (non-hydrogen) atoms. The lowest BCUT2D eigenvalue weighted by molar-refractivity contribution is -0.122. The first-order valence-electron chi connectivity index (χ1n) is 15.3. The fraction of sp³-hybridized carbons (Fsp3) is 0.400. The molecule has 7 heteroatoms. The van der Waals surface area contributed by atoms with Gasteiger partial charge < -0.3 is 4.74 Å². The molecule has 1 fully saturated rings. The zero-order valence-electron chi connectivity index (χ0n) is 25.0. The van der Waals surface area contributed by atoms with Crippen LogP contribution < -0.4 is 4.74 Å². The van der Waals surface area contributed by atoms with Crippen molar-refractivity contribution in [1.82, 2.24) is 14.7 Å². The molecule has 3 aromatic rings. The second kappa shape index (κ2) is 16.5. The van der Waals surface area contributed by atoms with Crippen molar-refractivity contribution in [2.45, 2.75) is 78.1 Å². The summed E-state index contributed by atoms with van der Waals surface area (Å²) in [6.45, 7) is 9.17. The largest absolute Gasteiger partial charge is 0.490 e. The molecule has 1 aromatic heterocycles. The minimum atomic E-state index is -0.00997. The highest BCUT2D eigenvalue weighted by Crippen LogP contribution is 2.36. The number of aryl methyl sites for hydroxylation is 1. The van der Waals surface area contributed by atoms with Gasteiger partial charge in [-0.05, 0) is 55.3 Å². The summed E-state index contributed by atoms with van der Waals surface area (Å²) in [5.74, 6) is 0.775. The van der Waals surface area contributed by atoms with E-state index >= 15 is 0 Å². The second-order valence-corrected chi connectivity index (χ2v) is 12.5. The lowest BCUT2D eigenvalue weighted by Gasteiger charge is -2.14. The molecule has 0 aliphatic carbocycles. The van der Waals surface area contributed by atoms with Gasteiger partial charge in [-0.3, -0.25) is 9.69 Å². The van der Waals surface area contributed by atoms with Crippen LogP contribution in [-0.2, 0) is 4.79 Å². The van der Waals surface area contributed by atoms with Gasteiger partial charge in [-0.2, -0.15) is 5.10 Å². The Morgan fingerprint density at radius 1 is 0.976 bits per heavy atom. The van der Waals surface area contributed by atoms with Crippen LogP contribution in [0.3, 0.4) is 0 Å². The van der Waals surface area contributed by atoms with Crippen LogP contribution >= 0.6 is 24.0 Å². The highest BCUT2D eigenvalue weighted by molar-refractivity contribution is 8.26. The number of carbonyl (C=O) groups excluding carboxylic acids is 1. The molecule has 0 N–H and O–H groups in total. The van der Waals surface area contributed by atoms with Gasteiger partial charge in [-0.25, -0.2) is 4.68 Å². The lowest BCUT2D eigenvalue weighted by Crippen LogP contribution is -2.29. The number of carbonyl (C=O) groups is 1. The predicted molar refractivity (Wildman–Crippen MR) is 181 cm³/mol. The number of thioether (sulfide) groups is 1. The number of unbranched alkanes of at least 4 members (excludes halogenated alkanes) is 9. The molecule has 2 heterocycles. The fourth-order valence-electron chi connectivity index (χ4n) is 5.15. The topological polar surface area (TPSA) is 47.4 Å². The first-order valence-corrected chi connectivity index (χ1v) is 16.5. The maximum absolute atomic E-state index is 13.4. The number of ether oxygens (including phenoxy) is 1. The smallest absolute Gasteiger partial charge is 0.266 e. The van der Waals surface area contributed by atoms with E-state index in [1.165, 1.54) is 63.1 Å². The summed E-state index contributed by atoms with van der Waals surface area (Å²) >= 11 is 7.03. The van der Waals surface area contributed by atoms with Gasteiger partial charge in [0.05, 0.1) is 10.6 Å². The number of para-hydroxylation sites is 1. The van der Waals surface area contributed by atoms with E-state index in [4.69, 9.17) is 22.1 Å². The SMILES string of the molecule is C=CCOc1ccc(-c2nn(-c3ccccc3)cc2/C=C2\SC(=S)N(CCCCCCCCCCCC)C2=O)c(C)c1. The van der Waals surface area contributed by atoms with Crippen molar-refractivity contribution >= 4 is 40.3 Å². The number of hydrogen-bond donors (Lipinski definition) is 0. The molecule has 0 atom stereocenters. The van der Waals surface area contributed by atoms with E-state index in [-0.39, 0.29) is 5.91 Å². The Morgan fingerprint density at radius 3 is 2.33 bits per heavy atom. The van der Waals surface area contributed by atoms with Gasteiger partial charge in [0.25, 0.3) is 5.91 Å². The number of amides is 1. The van der Waals surface area contributed by atoms with Crippen LogP contribution in [0.15, 0.2) is 72.3 Å². The molecule has 0 unspecified atom stereocenters. The Morgan fingerprint density at radius 2 is 1.67 bits per heavy atom. The Bertz CT molecular complexity index is 1380. The Balaban J connectivity index is 1.46. The summed E-state index contributed by atoms with van der Waals surface area (Å²) in [6, 6.07) is 16.0. The van der Waals surface area contributed by atoms with Crippen molar-refractivity contribution in [3.05, 3.63) is 83.4 Å². The average molecular weight is 602 g/mol. The minimum Gasteiger partial charge on any atom is -0.490 e. The van der Waals surface area contributed by atoms with E-state index in [0.29, 0.717) is 22.4 Å². The monoisotopic (exact) mass is 601 g/mol.